The number of carbonyl (C=O) groups is 2. The summed E-state index contributed by atoms with van der Waals surface area (Å²) >= 11 is 3.41. The summed E-state index contributed by atoms with van der Waals surface area (Å²) in [5.41, 5.74) is 4.29. The first-order chi connectivity index (χ1) is 16.9. The first kappa shape index (κ1) is 24.2. The molecule has 4 aromatic carbocycles. The summed E-state index contributed by atoms with van der Waals surface area (Å²) in [6.45, 7) is 3.49. The number of carbonyl (C=O) groups excluding carboxylic acids is 2. The molecule has 6 nitrogen and oxygen atoms in total. The van der Waals surface area contributed by atoms with Crippen molar-refractivity contribution in [1.82, 2.24) is 5.43 Å². The summed E-state index contributed by atoms with van der Waals surface area (Å²) in [6.07, 6.45) is 0.653. The molecule has 0 aromatic heterocycles. The summed E-state index contributed by atoms with van der Waals surface area (Å²) in [4.78, 5) is 25.1. The first-order valence-electron chi connectivity index (χ1n) is 11.0. The van der Waals surface area contributed by atoms with E-state index in [9.17, 15) is 9.59 Å². The van der Waals surface area contributed by atoms with Crippen LogP contribution in [0.3, 0.4) is 0 Å². The van der Waals surface area contributed by atoms with E-state index in [2.05, 4.69) is 26.5 Å². The number of esters is 1. The van der Waals surface area contributed by atoms with Crippen molar-refractivity contribution in [2.45, 2.75) is 20.0 Å². The first-order valence-corrected chi connectivity index (χ1v) is 11.8. The van der Waals surface area contributed by atoms with E-state index in [1.54, 1.807) is 37.3 Å². The Morgan fingerprint density at radius 2 is 1.69 bits per heavy atom. The number of nitrogens with one attached hydrogen (secondary N) is 1. The van der Waals surface area contributed by atoms with Crippen LogP contribution >= 0.6 is 15.9 Å². The van der Waals surface area contributed by atoms with Gasteiger partial charge in [-0.15, -0.1) is 0 Å². The van der Waals surface area contributed by atoms with Crippen molar-refractivity contribution in [3.63, 3.8) is 0 Å². The van der Waals surface area contributed by atoms with E-state index in [1.165, 1.54) is 6.21 Å². The van der Waals surface area contributed by atoms with E-state index in [-0.39, 0.29) is 0 Å². The second-order valence-electron chi connectivity index (χ2n) is 7.89. The van der Waals surface area contributed by atoms with Crippen LogP contribution in [0.4, 0.5) is 0 Å². The molecule has 176 valence electrons. The number of nitrogens with zero attached hydrogens (tertiary/aromatic N) is 1. The minimum absolute atomic E-state index is 0.319. The molecule has 4 aromatic rings. The van der Waals surface area contributed by atoms with Crippen molar-refractivity contribution in [1.29, 1.82) is 0 Å². The van der Waals surface area contributed by atoms with Gasteiger partial charge in [0.25, 0.3) is 5.91 Å². The number of rotatable bonds is 7. The van der Waals surface area contributed by atoms with Crippen LogP contribution in [0.5, 0.6) is 11.5 Å². The molecule has 35 heavy (non-hydrogen) atoms. The minimum Gasteiger partial charge on any atom is -0.481 e. The molecule has 0 radical (unpaired) electrons. The quantitative estimate of drug-likeness (QED) is 0.136. The third-order valence-electron chi connectivity index (χ3n) is 5.32. The minimum atomic E-state index is -0.769. The molecule has 0 aliphatic carbocycles. The summed E-state index contributed by atoms with van der Waals surface area (Å²) in [5, 5.41) is 6.15. The second kappa shape index (κ2) is 11.0. The van der Waals surface area contributed by atoms with Gasteiger partial charge < -0.3 is 9.47 Å². The number of fused-ring (bicyclic) bond motifs is 1. The number of halogens is 1. The number of benzene rings is 4. The molecule has 1 atom stereocenters. The lowest BCUT2D eigenvalue weighted by molar-refractivity contribution is -0.127. The topological polar surface area (TPSA) is 77.0 Å². The van der Waals surface area contributed by atoms with Crippen molar-refractivity contribution >= 4 is 44.8 Å². The van der Waals surface area contributed by atoms with E-state index >= 15 is 0 Å². The number of amides is 1. The van der Waals surface area contributed by atoms with Crippen molar-refractivity contribution < 1.29 is 19.1 Å². The van der Waals surface area contributed by atoms with Crippen LogP contribution in [0.1, 0.15) is 28.4 Å². The maximum atomic E-state index is 12.6. The highest BCUT2D eigenvalue weighted by molar-refractivity contribution is 9.10. The fourth-order valence-corrected chi connectivity index (χ4v) is 3.80. The maximum Gasteiger partial charge on any atom is 0.343 e. The van der Waals surface area contributed by atoms with Gasteiger partial charge in [-0.1, -0.05) is 64.5 Å². The van der Waals surface area contributed by atoms with Crippen LogP contribution in [-0.2, 0) is 4.79 Å². The highest BCUT2D eigenvalue weighted by Gasteiger charge is 2.15. The molecule has 0 saturated heterocycles. The summed E-state index contributed by atoms with van der Waals surface area (Å²) in [5.74, 6) is 0.0250. The van der Waals surface area contributed by atoms with Crippen LogP contribution < -0.4 is 14.9 Å². The van der Waals surface area contributed by atoms with E-state index in [4.69, 9.17) is 9.47 Å². The third kappa shape index (κ3) is 6.13. The Hall–Kier alpha value is -3.97. The van der Waals surface area contributed by atoms with Crippen LogP contribution in [0, 0.1) is 6.92 Å². The van der Waals surface area contributed by atoms with Gasteiger partial charge in [0.2, 0.25) is 0 Å². The fraction of sp³-hybridized carbons (Fsp3) is 0.107. The van der Waals surface area contributed by atoms with Gasteiger partial charge in [0.1, 0.15) is 11.5 Å². The van der Waals surface area contributed by atoms with Gasteiger partial charge in [-0.25, -0.2) is 10.2 Å². The molecular formula is C28H23BrN2O4. The monoisotopic (exact) mass is 530 g/mol. The molecule has 0 aliphatic heterocycles. The average molecular weight is 531 g/mol. The zero-order chi connectivity index (χ0) is 24.8. The van der Waals surface area contributed by atoms with Crippen molar-refractivity contribution in [3.8, 4) is 11.5 Å². The van der Waals surface area contributed by atoms with E-state index in [0.29, 0.717) is 22.6 Å². The molecule has 0 saturated carbocycles. The SMILES string of the molecule is Cc1ccccc1C(=O)Oc1ccc(Br)cc1/C=N/NC(=O)C(C)Oc1ccc2ccccc2c1. The Kier molecular flexibility index (Phi) is 7.57. The van der Waals surface area contributed by atoms with Gasteiger partial charge in [0, 0.05) is 10.0 Å². The Bertz CT molecular complexity index is 1420. The van der Waals surface area contributed by atoms with Gasteiger partial charge in [0.05, 0.1) is 11.8 Å². The smallest absolute Gasteiger partial charge is 0.343 e. The summed E-state index contributed by atoms with van der Waals surface area (Å²) in [6, 6.07) is 25.9. The van der Waals surface area contributed by atoms with Gasteiger partial charge in [-0.05, 0) is 66.6 Å². The molecular weight excluding hydrogens is 508 g/mol. The van der Waals surface area contributed by atoms with E-state index in [1.807, 2.05) is 61.5 Å². The fourth-order valence-electron chi connectivity index (χ4n) is 3.42. The largest absolute Gasteiger partial charge is 0.481 e. The lowest BCUT2D eigenvalue weighted by Crippen LogP contribution is -2.33. The number of hydrazone groups is 1. The summed E-state index contributed by atoms with van der Waals surface area (Å²) in [7, 11) is 0. The molecule has 1 N–H and O–H groups in total. The van der Waals surface area contributed by atoms with Gasteiger partial charge >= 0.3 is 5.97 Å². The van der Waals surface area contributed by atoms with Crippen molar-refractivity contribution in [3.05, 3.63) is 106 Å². The predicted molar refractivity (Wildman–Crippen MR) is 140 cm³/mol. The van der Waals surface area contributed by atoms with Crippen molar-refractivity contribution in [2.75, 3.05) is 0 Å². The lowest BCUT2D eigenvalue weighted by atomic mass is 10.1. The highest BCUT2D eigenvalue weighted by atomic mass is 79.9. The van der Waals surface area contributed by atoms with Gasteiger partial charge in [-0.3, -0.25) is 4.79 Å². The molecule has 4 rings (SSSR count). The van der Waals surface area contributed by atoms with Crippen LogP contribution in [0.2, 0.25) is 0 Å². The normalized spacial score (nSPS) is 11.9. The molecule has 0 aliphatic rings. The molecule has 0 fully saturated rings. The number of aryl methyl sites for hydroxylation is 1. The average Bonchev–Trinajstić information content (AvgIpc) is 2.85. The maximum absolute atomic E-state index is 12.6. The van der Waals surface area contributed by atoms with Crippen LogP contribution in [-0.4, -0.2) is 24.2 Å². The predicted octanol–water partition coefficient (Wildman–Crippen LogP) is 6.05. The van der Waals surface area contributed by atoms with Crippen LogP contribution in [0.15, 0.2) is 94.5 Å². The van der Waals surface area contributed by atoms with Gasteiger partial charge in [0.15, 0.2) is 6.10 Å². The number of hydrogen-bond donors (Lipinski definition) is 1. The lowest BCUT2D eigenvalue weighted by Gasteiger charge is -2.13. The Labute approximate surface area is 211 Å². The Balaban J connectivity index is 1.41. The zero-order valence-electron chi connectivity index (χ0n) is 19.2. The Morgan fingerprint density at radius 1 is 0.943 bits per heavy atom. The van der Waals surface area contributed by atoms with Crippen molar-refractivity contribution in [2.24, 2.45) is 5.10 Å². The molecule has 0 bridgehead atoms. The van der Waals surface area contributed by atoms with Crippen LogP contribution in [0.25, 0.3) is 10.8 Å². The standard InChI is InChI=1S/C28H23BrN2O4/c1-18-7-3-6-10-25(18)28(33)35-26-14-12-23(29)15-22(26)17-30-31-27(32)19(2)34-24-13-11-20-8-4-5-9-21(20)16-24/h3-17,19H,1-2H3,(H,31,32)/b30-17+. The molecule has 1 unspecified atom stereocenters. The van der Waals surface area contributed by atoms with E-state index < -0.39 is 18.0 Å². The van der Waals surface area contributed by atoms with Gasteiger partial charge in [-0.2, -0.15) is 5.10 Å². The number of hydrogen-bond acceptors (Lipinski definition) is 5. The Morgan fingerprint density at radius 3 is 2.49 bits per heavy atom. The molecule has 1 amide bonds. The highest BCUT2D eigenvalue weighted by Crippen LogP contribution is 2.24. The molecule has 0 spiro atoms. The molecule has 0 heterocycles. The third-order valence-corrected chi connectivity index (χ3v) is 5.81. The molecule has 7 heteroatoms. The van der Waals surface area contributed by atoms with E-state index in [0.717, 1.165) is 20.8 Å². The second-order valence-corrected chi connectivity index (χ2v) is 8.81. The zero-order valence-corrected chi connectivity index (χ0v) is 20.8. The summed E-state index contributed by atoms with van der Waals surface area (Å²) < 4.78 is 12.2. The number of ether oxygens (including phenoxy) is 2.